The molecule has 6 N–H and O–H groups in total. The van der Waals surface area contributed by atoms with Crippen molar-refractivity contribution in [2.24, 2.45) is 0 Å². The van der Waals surface area contributed by atoms with Gasteiger partial charge in [-0.2, -0.15) is 0 Å². The van der Waals surface area contributed by atoms with Crippen LogP contribution in [-0.2, 0) is 13.1 Å². The van der Waals surface area contributed by atoms with Crippen LogP contribution in [0.4, 0.5) is 0 Å². The van der Waals surface area contributed by atoms with Gasteiger partial charge in [0.1, 0.15) is 0 Å². The minimum absolute atomic E-state index is 0.0815. The van der Waals surface area contributed by atoms with Gasteiger partial charge in [0.2, 0.25) is 0 Å². The first kappa shape index (κ1) is 37.5. The number of rotatable bonds is 7. The Morgan fingerprint density at radius 3 is 1.41 bits per heavy atom. The van der Waals surface area contributed by atoms with Gasteiger partial charge in [-0.1, -0.05) is 54.6 Å². The fourth-order valence-electron chi connectivity index (χ4n) is 6.99. The maximum Gasteiger partial charge on any atom is 0.0522 e. The van der Waals surface area contributed by atoms with Gasteiger partial charge in [-0.3, -0.25) is 14.8 Å². The third-order valence-corrected chi connectivity index (χ3v) is 9.60. The molecule has 0 saturated carbocycles. The average Bonchev–Trinajstić information content (AvgIpc) is 3.12. The number of hydrogen-bond acceptors (Lipinski definition) is 9. The van der Waals surface area contributed by atoms with E-state index in [4.69, 9.17) is 4.98 Å². The summed E-state index contributed by atoms with van der Waals surface area (Å²) >= 11 is 0. The van der Waals surface area contributed by atoms with E-state index in [9.17, 15) is 0 Å². The van der Waals surface area contributed by atoms with E-state index in [-0.39, 0.29) is 5.92 Å². The van der Waals surface area contributed by atoms with Gasteiger partial charge in [0, 0.05) is 71.6 Å². The molecule has 9 nitrogen and oxygen atoms in total. The second kappa shape index (κ2) is 22.9. The van der Waals surface area contributed by atoms with Crippen LogP contribution in [-0.4, -0.2) is 119 Å². The monoisotopic (exact) mass is 670 g/mol. The lowest BCUT2D eigenvalue weighted by atomic mass is 9.86. The highest BCUT2D eigenvalue weighted by Crippen LogP contribution is 2.32. The van der Waals surface area contributed by atoms with E-state index in [2.05, 4.69) is 102 Å². The lowest BCUT2D eigenvalue weighted by molar-refractivity contribution is 0.260. The average molecular weight is 670 g/mol. The molecule has 0 amide bonds. The van der Waals surface area contributed by atoms with Gasteiger partial charge in [0.25, 0.3) is 0 Å². The summed E-state index contributed by atoms with van der Waals surface area (Å²) in [5.41, 5.74) is 6.46. The minimum Gasteiger partial charge on any atom is -0.315 e. The van der Waals surface area contributed by atoms with Crippen molar-refractivity contribution in [2.75, 3.05) is 105 Å². The molecule has 0 radical (unpaired) electrons. The predicted molar refractivity (Wildman–Crippen MR) is 204 cm³/mol. The van der Waals surface area contributed by atoms with E-state index in [1.54, 1.807) is 0 Å². The third kappa shape index (κ3) is 14.2. The van der Waals surface area contributed by atoms with E-state index < -0.39 is 0 Å². The largest absolute Gasteiger partial charge is 0.315 e. The number of aromatic nitrogens is 1. The predicted octanol–water partition coefficient (Wildman–Crippen LogP) is 2.99. The second-order valence-corrected chi connectivity index (χ2v) is 13.6. The molecular weight excluding hydrogens is 607 g/mol. The normalized spacial score (nSPS) is 19.9. The molecule has 1 aromatic heterocycles. The maximum absolute atomic E-state index is 4.91. The molecule has 9 heteroatoms. The van der Waals surface area contributed by atoms with E-state index in [0.29, 0.717) is 0 Å². The molecule has 0 aliphatic carbocycles. The standard InChI is InChI=1S/C40H63N9/c1-2-20-47-39(13-1)40(37-11-3-9-35(31-37)33-48-27-7-18-43-23-21-41-14-5-16-45-25-29-48)38-12-4-10-36(32-38)34-49-28-8-19-44-24-22-42-15-6-17-46-26-30-49/h1-4,9-13,20,31-32,40-46H,5-8,14-19,21-30,33-34H2. The molecule has 5 rings (SSSR count). The highest BCUT2D eigenvalue weighted by atomic mass is 15.1. The van der Waals surface area contributed by atoms with Crippen molar-refractivity contribution < 1.29 is 0 Å². The number of benzene rings is 2. The first-order valence-corrected chi connectivity index (χ1v) is 19.1. The zero-order valence-corrected chi connectivity index (χ0v) is 29.9. The zero-order valence-electron chi connectivity index (χ0n) is 29.9. The van der Waals surface area contributed by atoms with Crippen molar-refractivity contribution >= 4 is 0 Å². The molecule has 0 bridgehead atoms. The van der Waals surface area contributed by atoms with Crippen LogP contribution in [0.5, 0.6) is 0 Å². The Bertz CT molecular complexity index is 1180. The molecule has 2 saturated heterocycles. The fourth-order valence-corrected chi connectivity index (χ4v) is 6.99. The molecule has 3 heterocycles. The van der Waals surface area contributed by atoms with Crippen molar-refractivity contribution in [3.05, 3.63) is 101 Å². The first-order chi connectivity index (χ1) is 24.3. The third-order valence-electron chi connectivity index (χ3n) is 9.60. The van der Waals surface area contributed by atoms with E-state index in [0.717, 1.165) is 136 Å². The molecule has 0 unspecified atom stereocenters. The van der Waals surface area contributed by atoms with E-state index >= 15 is 0 Å². The Hall–Kier alpha value is -2.73. The Labute approximate surface area is 296 Å². The Morgan fingerprint density at radius 1 is 0.469 bits per heavy atom. The van der Waals surface area contributed by atoms with Crippen LogP contribution >= 0.6 is 0 Å². The molecule has 0 spiro atoms. The number of nitrogens with zero attached hydrogens (tertiary/aromatic N) is 3. The topological polar surface area (TPSA) is 91.5 Å². The summed E-state index contributed by atoms with van der Waals surface area (Å²) < 4.78 is 0. The first-order valence-electron chi connectivity index (χ1n) is 19.1. The molecule has 268 valence electrons. The Balaban J connectivity index is 1.30. The van der Waals surface area contributed by atoms with Crippen LogP contribution in [0, 0.1) is 0 Å². The number of hydrogen-bond donors (Lipinski definition) is 6. The van der Waals surface area contributed by atoms with Crippen molar-refractivity contribution in [2.45, 2.75) is 44.7 Å². The van der Waals surface area contributed by atoms with Crippen LogP contribution < -0.4 is 31.9 Å². The fraction of sp³-hybridized carbons (Fsp3) is 0.575. The molecule has 2 fully saturated rings. The van der Waals surface area contributed by atoms with Crippen molar-refractivity contribution in [1.82, 2.24) is 46.7 Å². The number of nitrogens with one attached hydrogen (secondary N) is 6. The number of pyridine rings is 1. The highest BCUT2D eigenvalue weighted by Gasteiger charge is 2.20. The Kier molecular flexibility index (Phi) is 17.5. The van der Waals surface area contributed by atoms with Gasteiger partial charge in [-0.05, 0) is 112 Å². The lowest BCUT2D eigenvalue weighted by Gasteiger charge is -2.25. The molecule has 3 aromatic rings. The van der Waals surface area contributed by atoms with Gasteiger partial charge in [0.05, 0.1) is 11.6 Å². The van der Waals surface area contributed by atoms with Crippen molar-refractivity contribution in [3.63, 3.8) is 0 Å². The summed E-state index contributed by atoms with van der Waals surface area (Å²) in [6, 6.07) is 24.9. The Morgan fingerprint density at radius 2 is 0.939 bits per heavy atom. The van der Waals surface area contributed by atoms with Gasteiger partial charge >= 0.3 is 0 Å². The van der Waals surface area contributed by atoms with Crippen LogP contribution in [0.2, 0.25) is 0 Å². The summed E-state index contributed by atoms with van der Waals surface area (Å²) in [6.45, 7) is 18.9. The molecule has 0 atom stereocenters. The maximum atomic E-state index is 4.91. The molecule has 49 heavy (non-hydrogen) atoms. The van der Waals surface area contributed by atoms with Crippen LogP contribution in [0.25, 0.3) is 0 Å². The van der Waals surface area contributed by atoms with Crippen molar-refractivity contribution in [3.8, 4) is 0 Å². The summed E-state index contributed by atoms with van der Waals surface area (Å²) in [5, 5.41) is 21.6. The van der Waals surface area contributed by atoms with E-state index in [1.807, 2.05) is 12.3 Å². The van der Waals surface area contributed by atoms with Crippen LogP contribution in [0.15, 0.2) is 72.9 Å². The van der Waals surface area contributed by atoms with Gasteiger partial charge in [-0.15, -0.1) is 0 Å². The van der Waals surface area contributed by atoms with Crippen LogP contribution in [0.3, 0.4) is 0 Å². The summed E-state index contributed by atoms with van der Waals surface area (Å²) in [7, 11) is 0. The highest BCUT2D eigenvalue weighted by molar-refractivity contribution is 5.43. The minimum atomic E-state index is 0.0815. The van der Waals surface area contributed by atoms with Crippen LogP contribution in [0.1, 0.15) is 59.5 Å². The summed E-state index contributed by atoms with van der Waals surface area (Å²) in [5.74, 6) is 0.0815. The van der Waals surface area contributed by atoms with Gasteiger partial charge in [0.15, 0.2) is 0 Å². The van der Waals surface area contributed by atoms with Crippen molar-refractivity contribution in [1.29, 1.82) is 0 Å². The SMILES string of the molecule is c1ccc(C(c2cccc(CN3CCCNCCNCCCNCC3)c2)c2cccc(CN3CCCNCCNCCCNCC3)c2)nc1. The smallest absolute Gasteiger partial charge is 0.0522 e. The quantitative estimate of drug-likeness (QED) is 0.227. The van der Waals surface area contributed by atoms with Gasteiger partial charge < -0.3 is 31.9 Å². The molecule has 2 aliphatic heterocycles. The summed E-state index contributed by atoms with van der Waals surface area (Å²) in [4.78, 5) is 10.2. The van der Waals surface area contributed by atoms with E-state index in [1.165, 1.54) is 35.1 Å². The molecular formula is C40H63N9. The molecule has 2 aliphatic rings. The van der Waals surface area contributed by atoms with Gasteiger partial charge in [-0.25, -0.2) is 0 Å². The molecule has 2 aromatic carbocycles. The second-order valence-electron chi connectivity index (χ2n) is 13.6. The summed E-state index contributed by atoms with van der Waals surface area (Å²) in [6.07, 6.45) is 6.59. The lowest BCUT2D eigenvalue weighted by Crippen LogP contribution is -2.36. The zero-order chi connectivity index (χ0) is 33.6.